The van der Waals surface area contributed by atoms with Gasteiger partial charge in [0.25, 0.3) is 0 Å². The molecule has 0 atom stereocenters. The largest absolute Gasteiger partial charge is 0.341 e. The van der Waals surface area contributed by atoms with Gasteiger partial charge >= 0.3 is 6.03 Å². The van der Waals surface area contributed by atoms with Crippen molar-refractivity contribution in [2.75, 3.05) is 12.4 Å². The summed E-state index contributed by atoms with van der Waals surface area (Å²) in [5.41, 5.74) is 0.605. The zero-order valence-electron chi connectivity index (χ0n) is 6.90. The van der Waals surface area contributed by atoms with Crippen LogP contribution in [0.4, 0.5) is 10.5 Å². The van der Waals surface area contributed by atoms with Crippen molar-refractivity contribution in [1.82, 2.24) is 5.32 Å². The average molecular weight is 225 g/mol. The molecule has 70 valence electrons. The van der Waals surface area contributed by atoms with Crippen LogP contribution in [0.3, 0.4) is 0 Å². The highest BCUT2D eigenvalue weighted by molar-refractivity contribution is 6.42. The van der Waals surface area contributed by atoms with Gasteiger partial charge in [0.1, 0.15) is 0 Å². The van der Waals surface area contributed by atoms with Crippen LogP contribution in [0, 0.1) is 0 Å². The van der Waals surface area contributed by atoms with Gasteiger partial charge in [0.05, 0.1) is 10.0 Å². The standard InChI is InChI=1S/C8H8Cl2N2O/c1-11-8(13)12-5-2-3-6(9)7(10)4-5/h2-4H,1H3,(H2,11,12,13)/i2+1,3+1,4+1,5+1,6+1,7+1. The number of halogens is 2. The minimum Gasteiger partial charge on any atom is -0.341 e. The molecule has 0 bridgehead atoms. The summed E-state index contributed by atoms with van der Waals surface area (Å²) in [4.78, 5) is 10.9. The number of carbonyl (C=O) groups excluding carboxylic acids is 1. The Hall–Kier alpha value is -0.930. The van der Waals surface area contributed by atoms with Crippen LogP contribution < -0.4 is 10.6 Å². The van der Waals surface area contributed by atoms with Gasteiger partial charge < -0.3 is 10.6 Å². The van der Waals surface area contributed by atoms with Crippen molar-refractivity contribution in [3.8, 4) is 0 Å². The molecule has 3 nitrogen and oxygen atoms in total. The molecule has 5 heteroatoms. The van der Waals surface area contributed by atoms with Gasteiger partial charge in [0.2, 0.25) is 0 Å². The van der Waals surface area contributed by atoms with Gasteiger partial charge in [-0.15, -0.1) is 0 Å². The third-order valence-electron chi connectivity index (χ3n) is 1.40. The predicted octanol–water partition coefficient (Wildman–Crippen LogP) is 2.74. The third-order valence-corrected chi connectivity index (χ3v) is 2.14. The van der Waals surface area contributed by atoms with Gasteiger partial charge in [-0.1, -0.05) is 23.2 Å². The number of hydrogen-bond donors (Lipinski definition) is 2. The first-order chi connectivity index (χ1) is 6.13. The summed E-state index contributed by atoms with van der Waals surface area (Å²) in [6.07, 6.45) is 0. The Morgan fingerprint density at radius 2 is 2.00 bits per heavy atom. The highest BCUT2D eigenvalue weighted by Gasteiger charge is 2.01. The van der Waals surface area contributed by atoms with E-state index in [1.807, 2.05) is 0 Å². The lowest BCUT2D eigenvalue weighted by Gasteiger charge is -2.04. The van der Waals surface area contributed by atoms with Crippen molar-refractivity contribution in [3.05, 3.63) is 28.2 Å². The molecule has 0 fully saturated rings. The van der Waals surface area contributed by atoms with Crippen molar-refractivity contribution < 1.29 is 4.79 Å². The number of anilines is 1. The van der Waals surface area contributed by atoms with Gasteiger partial charge in [0.15, 0.2) is 0 Å². The molecule has 0 aliphatic carbocycles. The molecule has 0 saturated heterocycles. The Kier molecular flexibility index (Phi) is 3.39. The van der Waals surface area contributed by atoms with Crippen molar-refractivity contribution in [3.63, 3.8) is 0 Å². The SMILES string of the molecule is CNC(=O)N[13c]1[13cH][13cH][13c](Cl)[13c](Cl)[13cH]1. The van der Waals surface area contributed by atoms with E-state index in [0.717, 1.165) is 0 Å². The maximum atomic E-state index is 10.9. The highest BCUT2D eigenvalue weighted by atomic mass is 35.5. The van der Waals surface area contributed by atoms with Crippen LogP contribution in [0.25, 0.3) is 0 Å². The number of urea groups is 1. The van der Waals surface area contributed by atoms with E-state index < -0.39 is 0 Å². The van der Waals surface area contributed by atoms with Gasteiger partial charge in [-0.3, -0.25) is 0 Å². The number of rotatable bonds is 1. The van der Waals surface area contributed by atoms with Crippen LogP contribution >= 0.6 is 23.2 Å². The Balaban J connectivity index is 2.79. The summed E-state index contributed by atoms with van der Waals surface area (Å²) in [6, 6.07) is 4.58. The molecular weight excluding hydrogens is 217 g/mol. The number of benzene rings is 1. The second kappa shape index (κ2) is 4.35. The lowest BCUT2D eigenvalue weighted by Crippen LogP contribution is -2.24. The lowest BCUT2D eigenvalue weighted by atomic mass is 11.0. The average Bonchev–Trinajstić information content (AvgIpc) is 2.11. The second-order valence-corrected chi connectivity index (χ2v) is 3.15. The molecule has 0 aromatic heterocycles. The maximum Gasteiger partial charge on any atom is 0.318 e. The molecule has 0 aliphatic heterocycles. The summed E-state index contributed by atoms with van der Waals surface area (Å²) >= 11 is 11.4. The Morgan fingerprint density at radius 1 is 1.31 bits per heavy atom. The predicted molar refractivity (Wildman–Crippen MR) is 54.5 cm³/mol. The summed E-state index contributed by atoms with van der Waals surface area (Å²) in [6.45, 7) is 0. The Morgan fingerprint density at radius 3 is 2.54 bits per heavy atom. The van der Waals surface area contributed by atoms with E-state index in [1.54, 1.807) is 18.2 Å². The van der Waals surface area contributed by atoms with Gasteiger partial charge in [-0.05, 0) is 18.2 Å². The lowest BCUT2D eigenvalue weighted by molar-refractivity contribution is 0.254. The summed E-state index contributed by atoms with van der Waals surface area (Å²) in [5.74, 6) is 0. The van der Waals surface area contributed by atoms with Crippen LogP contribution in [-0.4, -0.2) is 13.1 Å². The fourth-order valence-corrected chi connectivity index (χ4v) is 1.07. The normalized spacial score (nSPS) is 9.46. The molecule has 0 heterocycles. The molecule has 1 aromatic carbocycles. The molecule has 1 aromatic rings. The summed E-state index contributed by atoms with van der Waals surface area (Å²) in [7, 11) is 1.53. The topological polar surface area (TPSA) is 41.1 Å². The summed E-state index contributed by atoms with van der Waals surface area (Å²) < 4.78 is 0. The van der Waals surface area contributed by atoms with Crippen LogP contribution in [0.2, 0.25) is 10.0 Å². The molecular formula is C8H8Cl2N2O. The number of carbonyl (C=O) groups is 1. The first kappa shape index (κ1) is 10.2. The molecule has 0 unspecified atom stereocenters. The first-order valence-corrected chi connectivity index (χ1v) is 4.33. The third kappa shape index (κ3) is 2.79. The van der Waals surface area contributed by atoms with E-state index in [-0.39, 0.29) is 6.03 Å². The van der Waals surface area contributed by atoms with Crippen molar-refractivity contribution in [2.24, 2.45) is 0 Å². The van der Waals surface area contributed by atoms with Crippen LogP contribution in [-0.2, 0) is 0 Å². The van der Waals surface area contributed by atoms with Crippen LogP contribution in [0.5, 0.6) is 0 Å². The number of amides is 2. The minimum atomic E-state index is -0.293. The molecule has 0 aliphatic rings. The van der Waals surface area contributed by atoms with Crippen molar-refractivity contribution in [1.29, 1.82) is 0 Å². The van der Waals surface area contributed by atoms with E-state index in [2.05, 4.69) is 10.6 Å². The van der Waals surface area contributed by atoms with E-state index in [0.29, 0.717) is 15.7 Å². The molecule has 0 spiro atoms. The van der Waals surface area contributed by atoms with Gasteiger partial charge in [-0.25, -0.2) is 4.79 Å². The van der Waals surface area contributed by atoms with E-state index in [1.165, 1.54) is 7.05 Å². The maximum absolute atomic E-state index is 10.9. The van der Waals surface area contributed by atoms with E-state index in [4.69, 9.17) is 23.2 Å². The molecule has 1 rings (SSSR count). The Bertz CT molecular complexity index is 328. The van der Waals surface area contributed by atoms with Crippen molar-refractivity contribution >= 4 is 34.9 Å². The van der Waals surface area contributed by atoms with E-state index in [9.17, 15) is 4.79 Å². The highest BCUT2D eigenvalue weighted by Crippen LogP contribution is 2.24. The monoisotopic (exact) mass is 224 g/mol. The van der Waals surface area contributed by atoms with E-state index >= 15 is 0 Å². The molecule has 0 radical (unpaired) electrons. The Labute approximate surface area is 86.0 Å². The van der Waals surface area contributed by atoms with Gasteiger partial charge in [-0.2, -0.15) is 0 Å². The fraction of sp³-hybridized carbons (Fsp3) is 0.125. The minimum absolute atomic E-state index is 0.293. The quantitative estimate of drug-likeness (QED) is 0.757. The zero-order valence-corrected chi connectivity index (χ0v) is 8.41. The number of nitrogens with one attached hydrogen (secondary N) is 2. The summed E-state index contributed by atoms with van der Waals surface area (Å²) in [5, 5.41) is 5.86. The second-order valence-electron chi connectivity index (χ2n) is 2.33. The fourth-order valence-electron chi connectivity index (χ4n) is 0.767. The van der Waals surface area contributed by atoms with Gasteiger partial charge in [0, 0.05) is 12.7 Å². The molecule has 2 N–H and O–H groups in total. The first-order valence-electron chi connectivity index (χ1n) is 3.57. The molecule has 13 heavy (non-hydrogen) atoms. The molecule has 0 saturated carbocycles. The number of hydrogen-bond acceptors (Lipinski definition) is 1. The molecule has 2 amide bonds. The zero-order chi connectivity index (χ0) is 9.84. The van der Waals surface area contributed by atoms with Crippen LogP contribution in [0.1, 0.15) is 0 Å². The smallest absolute Gasteiger partial charge is 0.318 e. The van der Waals surface area contributed by atoms with Crippen molar-refractivity contribution in [2.45, 2.75) is 0 Å². The van der Waals surface area contributed by atoms with Crippen LogP contribution in [0.15, 0.2) is 18.2 Å².